The molecule has 1 fully saturated rings. The van der Waals surface area contributed by atoms with Gasteiger partial charge in [-0.15, -0.1) is 0 Å². The molecule has 0 radical (unpaired) electrons. The Hall–Kier alpha value is -1.19. The summed E-state index contributed by atoms with van der Waals surface area (Å²) in [5.41, 5.74) is 0.863. The first kappa shape index (κ1) is 17.2. The van der Waals surface area contributed by atoms with E-state index < -0.39 is 10.0 Å². The van der Waals surface area contributed by atoms with Crippen LogP contribution in [-0.2, 0) is 21.4 Å². The fraction of sp³-hybridized carbons (Fsp3) is 0.692. The van der Waals surface area contributed by atoms with Gasteiger partial charge < -0.3 is 9.47 Å². The van der Waals surface area contributed by atoms with Crippen LogP contribution in [0.4, 0.5) is 0 Å². The van der Waals surface area contributed by atoms with Crippen molar-refractivity contribution in [1.82, 2.24) is 13.8 Å². The largest absolute Gasteiger partial charge is 0.341 e. The monoisotopic (exact) mass is 347 g/mol. The molecule has 1 amide bonds. The first-order valence-corrected chi connectivity index (χ1v) is 9.89. The minimum absolute atomic E-state index is 0.0344. The van der Waals surface area contributed by atoms with Crippen LogP contribution in [0.15, 0.2) is 10.2 Å². The van der Waals surface area contributed by atoms with Crippen LogP contribution < -0.4 is 4.87 Å². The van der Waals surface area contributed by atoms with Gasteiger partial charge in [0, 0.05) is 50.2 Å². The second kappa shape index (κ2) is 6.93. The minimum atomic E-state index is -3.21. The van der Waals surface area contributed by atoms with Gasteiger partial charge in [-0.05, 0) is 13.3 Å². The van der Waals surface area contributed by atoms with Crippen molar-refractivity contribution < 1.29 is 13.2 Å². The average molecular weight is 347 g/mol. The fourth-order valence-corrected chi connectivity index (χ4v) is 4.15. The van der Waals surface area contributed by atoms with Crippen molar-refractivity contribution in [3.63, 3.8) is 0 Å². The summed E-state index contributed by atoms with van der Waals surface area (Å²) in [5, 5.41) is 1.78. The molecule has 0 aliphatic carbocycles. The molecule has 1 aliphatic heterocycles. The highest BCUT2D eigenvalue weighted by Crippen LogP contribution is 2.09. The van der Waals surface area contributed by atoms with E-state index in [1.807, 2.05) is 6.92 Å². The van der Waals surface area contributed by atoms with E-state index in [0.29, 0.717) is 39.1 Å². The van der Waals surface area contributed by atoms with Crippen molar-refractivity contribution in [2.75, 3.05) is 32.4 Å². The summed E-state index contributed by atoms with van der Waals surface area (Å²) in [6, 6.07) is 0. The Morgan fingerprint density at radius 1 is 1.27 bits per heavy atom. The molecule has 1 aromatic heterocycles. The van der Waals surface area contributed by atoms with Crippen LogP contribution in [0.1, 0.15) is 18.5 Å². The number of aryl methyl sites for hydroxylation is 1. The van der Waals surface area contributed by atoms with Gasteiger partial charge in [0.05, 0.1) is 6.26 Å². The molecule has 0 spiro atoms. The molecule has 1 saturated heterocycles. The van der Waals surface area contributed by atoms with Crippen LogP contribution >= 0.6 is 11.3 Å². The van der Waals surface area contributed by atoms with E-state index in [-0.39, 0.29) is 17.2 Å². The molecule has 0 bridgehead atoms. The quantitative estimate of drug-likeness (QED) is 0.774. The maximum absolute atomic E-state index is 12.3. The minimum Gasteiger partial charge on any atom is -0.341 e. The molecule has 0 aromatic carbocycles. The lowest BCUT2D eigenvalue weighted by molar-refractivity contribution is -0.131. The van der Waals surface area contributed by atoms with Crippen molar-refractivity contribution in [3.8, 4) is 0 Å². The fourth-order valence-electron chi connectivity index (χ4n) is 2.51. The lowest BCUT2D eigenvalue weighted by Gasteiger charge is -2.21. The van der Waals surface area contributed by atoms with E-state index in [2.05, 4.69) is 0 Å². The number of sulfonamides is 1. The lowest BCUT2D eigenvalue weighted by Crippen LogP contribution is -2.37. The molecular formula is C13H21N3O4S2. The zero-order chi connectivity index (χ0) is 16.3. The molecular weight excluding hydrogens is 326 g/mol. The number of thiazole rings is 1. The number of hydrogen-bond acceptors (Lipinski definition) is 5. The molecule has 7 nitrogen and oxygen atoms in total. The molecule has 22 heavy (non-hydrogen) atoms. The van der Waals surface area contributed by atoms with Gasteiger partial charge >= 0.3 is 4.87 Å². The van der Waals surface area contributed by atoms with Gasteiger partial charge in [-0.3, -0.25) is 9.59 Å². The van der Waals surface area contributed by atoms with E-state index in [1.54, 1.807) is 14.8 Å². The van der Waals surface area contributed by atoms with Crippen molar-refractivity contribution in [1.29, 1.82) is 0 Å². The van der Waals surface area contributed by atoms with Crippen molar-refractivity contribution in [2.45, 2.75) is 26.3 Å². The Morgan fingerprint density at radius 2 is 2.00 bits per heavy atom. The number of rotatable bonds is 4. The number of nitrogens with zero attached hydrogens (tertiary/aromatic N) is 3. The number of aromatic nitrogens is 1. The van der Waals surface area contributed by atoms with Crippen LogP contribution in [0.2, 0.25) is 0 Å². The van der Waals surface area contributed by atoms with E-state index in [9.17, 15) is 18.0 Å². The Morgan fingerprint density at radius 3 is 2.59 bits per heavy atom. The molecule has 124 valence electrons. The van der Waals surface area contributed by atoms with Crippen LogP contribution in [0.3, 0.4) is 0 Å². The van der Waals surface area contributed by atoms with Crippen LogP contribution in [-0.4, -0.2) is 60.5 Å². The van der Waals surface area contributed by atoms with Gasteiger partial charge in [0.25, 0.3) is 0 Å². The Bertz CT molecular complexity index is 692. The predicted octanol–water partition coefficient (Wildman–Crippen LogP) is 0.102. The van der Waals surface area contributed by atoms with Gasteiger partial charge in [0.1, 0.15) is 0 Å². The third kappa shape index (κ3) is 4.17. The molecule has 0 atom stereocenters. The standard InChI is InChI=1S/C13H21N3O4S2/c1-11-10-21-13(18)16(11)7-4-12(17)14-5-3-6-15(9-8-14)22(2,19)20/h10H,3-9H2,1-2H3. The third-order valence-corrected chi connectivity index (χ3v) is 5.99. The second-order valence-electron chi connectivity index (χ2n) is 5.44. The van der Waals surface area contributed by atoms with Crippen molar-refractivity contribution >= 4 is 27.3 Å². The van der Waals surface area contributed by atoms with Crippen LogP contribution in [0, 0.1) is 6.92 Å². The van der Waals surface area contributed by atoms with E-state index >= 15 is 0 Å². The summed E-state index contributed by atoms with van der Waals surface area (Å²) >= 11 is 1.13. The number of amides is 1. The molecule has 0 N–H and O–H groups in total. The van der Waals surface area contributed by atoms with Crippen molar-refractivity contribution in [3.05, 3.63) is 20.7 Å². The normalized spacial score (nSPS) is 17.5. The Kier molecular flexibility index (Phi) is 5.41. The summed E-state index contributed by atoms with van der Waals surface area (Å²) in [4.78, 5) is 25.5. The maximum atomic E-state index is 12.3. The topological polar surface area (TPSA) is 79.7 Å². The highest BCUT2D eigenvalue weighted by atomic mass is 32.2. The van der Waals surface area contributed by atoms with Crippen LogP contribution in [0.5, 0.6) is 0 Å². The SMILES string of the molecule is Cc1csc(=O)n1CCC(=O)N1CCCN(S(C)(=O)=O)CC1. The Balaban J connectivity index is 1.92. The second-order valence-corrected chi connectivity index (χ2v) is 8.24. The molecule has 2 heterocycles. The lowest BCUT2D eigenvalue weighted by atomic mass is 10.3. The maximum Gasteiger partial charge on any atom is 0.307 e. The van der Waals surface area contributed by atoms with Gasteiger partial charge in [0.2, 0.25) is 15.9 Å². The molecule has 1 aliphatic rings. The molecule has 9 heteroatoms. The number of hydrogen-bond donors (Lipinski definition) is 0. The summed E-state index contributed by atoms with van der Waals surface area (Å²) in [6.45, 7) is 3.97. The molecule has 0 saturated carbocycles. The van der Waals surface area contributed by atoms with E-state index in [1.165, 1.54) is 10.6 Å². The highest BCUT2D eigenvalue weighted by Gasteiger charge is 2.23. The van der Waals surface area contributed by atoms with Crippen LogP contribution in [0.25, 0.3) is 0 Å². The summed E-state index contributed by atoms with van der Waals surface area (Å²) in [7, 11) is -3.21. The Labute approximate surface area is 134 Å². The van der Waals surface area contributed by atoms with E-state index in [4.69, 9.17) is 0 Å². The highest BCUT2D eigenvalue weighted by molar-refractivity contribution is 7.88. The van der Waals surface area contributed by atoms with Gasteiger partial charge in [-0.1, -0.05) is 11.3 Å². The van der Waals surface area contributed by atoms with Gasteiger partial charge in [0.15, 0.2) is 0 Å². The first-order valence-electron chi connectivity index (χ1n) is 7.17. The molecule has 1 aromatic rings. The van der Waals surface area contributed by atoms with E-state index in [0.717, 1.165) is 17.0 Å². The van der Waals surface area contributed by atoms with Gasteiger partial charge in [-0.25, -0.2) is 12.7 Å². The number of carbonyl (C=O) groups is 1. The number of carbonyl (C=O) groups excluding carboxylic acids is 1. The van der Waals surface area contributed by atoms with Gasteiger partial charge in [-0.2, -0.15) is 0 Å². The smallest absolute Gasteiger partial charge is 0.307 e. The average Bonchev–Trinajstić information content (AvgIpc) is 2.67. The molecule has 2 rings (SSSR count). The molecule has 0 unspecified atom stereocenters. The predicted molar refractivity (Wildman–Crippen MR) is 85.5 cm³/mol. The summed E-state index contributed by atoms with van der Waals surface area (Å²) < 4.78 is 26.1. The first-order chi connectivity index (χ1) is 10.3. The summed E-state index contributed by atoms with van der Waals surface area (Å²) in [5.74, 6) is -0.0344. The zero-order valence-corrected chi connectivity index (χ0v) is 14.5. The van der Waals surface area contributed by atoms with Crippen molar-refractivity contribution in [2.24, 2.45) is 0 Å². The third-order valence-electron chi connectivity index (χ3n) is 3.80. The zero-order valence-electron chi connectivity index (χ0n) is 12.8. The summed E-state index contributed by atoms with van der Waals surface area (Å²) in [6.07, 6.45) is 2.09.